The van der Waals surface area contributed by atoms with Gasteiger partial charge in [0, 0.05) is 6.42 Å². The monoisotopic (exact) mass is 289 g/mol. The van der Waals surface area contributed by atoms with Crippen LogP contribution >= 0.6 is 0 Å². The van der Waals surface area contributed by atoms with Crippen molar-refractivity contribution in [3.63, 3.8) is 0 Å². The number of fused-ring (bicyclic) bond motifs is 1. The molecule has 1 fully saturated rings. The van der Waals surface area contributed by atoms with E-state index >= 15 is 0 Å². The van der Waals surface area contributed by atoms with E-state index in [0.717, 1.165) is 17.1 Å². The fraction of sp³-hybridized carbons (Fsp3) is 0.588. The van der Waals surface area contributed by atoms with Gasteiger partial charge in [-0.05, 0) is 43.4 Å². The molecule has 1 amide bonds. The topological polar surface area (TPSA) is 47.6 Å². The predicted octanol–water partition coefficient (Wildman–Crippen LogP) is 3.56. The van der Waals surface area contributed by atoms with Crippen LogP contribution in [0.1, 0.15) is 57.1 Å². The zero-order valence-corrected chi connectivity index (χ0v) is 12.6. The summed E-state index contributed by atoms with van der Waals surface area (Å²) in [6.07, 6.45) is 6.93. The number of rotatable bonds is 4. The number of carbonyl (C=O) groups is 1. The van der Waals surface area contributed by atoms with Gasteiger partial charge in [-0.15, -0.1) is 0 Å². The number of benzene rings is 1. The summed E-state index contributed by atoms with van der Waals surface area (Å²) in [6.45, 7) is 2.29. The largest absolute Gasteiger partial charge is 0.454 e. The molecule has 0 aromatic heterocycles. The second-order valence-electron chi connectivity index (χ2n) is 6.11. The van der Waals surface area contributed by atoms with Gasteiger partial charge in [-0.25, -0.2) is 0 Å². The van der Waals surface area contributed by atoms with Crippen LogP contribution < -0.4 is 14.8 Å². The van der Waals surface area contributed by atoms with Crippen LogP contribution in [-0.2, 0) is 4.79 Å². The molecule has 0 saturated heterocycles. The van der Waals surface area contributed by atoms with Gasteiger partial charge in [-0.2, -0.15) is 0 Å². The fourth-order valence-electron chi connectivity index (χ4n) is 3.22. The molecule has 1 unspecified atom stereocenters. The molecular formula is C17H23NO3. The van der Waals surface area contributed by atoms with E-state index in [0.29, 0.717) is 12.3 Å². The molecule has 0 spiro atoms. The molecule has 1 heterocycles. The molecule has 114 valence electrons. The Morgan fingerprint density at radius 3 is 2.81 bits per heavy atom. The SMILES string of the molecule is CC(NC(=O)CC1CCCCC1)c1ccc2c(c1)OCO2. The van der Waals surface area contributed by atoms with Gasteiger partial charge >= 0.3 is 0 Å². The molecule has 3 rings (SSSR count). The van der Waals surface area contributed by atoms with E-state index in [4.69, 9.17) is 9.47 Å². The van der Waals surface area contributed by atoms with Crippen molar-refractivity contribution in [3.8, 4) is 11.5 Å². The Hall–Kier alpha value is -1.71. The Balaban J connectivity index is 1.55. The van der Waals surface area contributed by atoms with Crippen LogP contribution in [0.5, 0.6) is 11.5 Å². The highest BCUT2D eigenvalue weighted by Gasteiger charge is 2.20. The Kier molecular flexibility index (Phi) is 4.32. The van der Waals surface area contributed by atoms with E-state index in [1.165, 1.54) is 32.1 Å². The normalized spacial score (nSPS) is 19.3. The Morgan fingerprint density at radius 1 is 1.24 bits per heavy atom. The number of hydrogen-bond acceptors (Lipinski definition) is 3. The highest BCUT2D eigenvalue weighted by atomic mass is 16.7. The van der Waals surface area contributed by atoms with Crippen LogP contribution in [0.15, 0.2) is 18.2 Å². The molecule has 2 aliphatic rings. The number of hydrogen-bond donors (Lipinski definition) is 1. The van der Waals surface area contributed by atoms with Crippen molar-refractivity contribution >= 4 is 5.91 Å². The fourth-order valence-corrected chi connectivity index (χ4v) is 3.22. The number of nitrogens with one attached hydrogen (secondary N) is 1. The van der Waals surface area contributed by atoms with Gasteiger partial charge in [0.15, 0.2) is 11.5 Å². The molecule has 21 heavy (non-hydrogen) atoms. The maximum Gasteiger partial charge on any atom is 0.231 e. The molecule has 0 radical (unpaired) electrons. The first kappa shape index (κ1) is 14.2. The molecule has 1 N–H and O–H groups in total. The minimum absolute atomic E-state index is 0.00408. The van der Waals surface area contributed by atoms with Crippen molar-refractivity contribution in [3.05, 3.63) is 23.8 Å². The highest BCUT2D eigenvalue weighted by molar-refractivity contribution is 5.76. The lowest BCUT2D eigenvalue weighted by molar-refractivity contribution is -0.122. The summed E-state index contributed by atoms with van der Waals surface area (Å²) in [6, 6.07) is 5.84. The molecule has 1 aliphatic carbocycles. The zero-order valence-electron chi connectivity index (χ0n) is 12.6. The summed E-state index contributed by atoms with van der Waals surface area (Å²) in [5.41, 5.74) is 1.05. The first-order valence-electron chi connectivity index (χ1n) is 7.91. The third kappa shape index (κ3) is 3.49. The molecule has 0 bridgehead atoms. The number of amides is 1. The summed E-state index contributed by atoms with van der Waals surface area (Å²) in [7, 11) is 0. The van der Waals surface area contributed by atoms with Crippen molar-refractivity contribution in [2.45, 2.75) is 51.5 Å². The second kappa shape index (κ2) is 6.37. The van der Waals surface area contributed by atoms with Gasteiger partial charge in [0.05, 0.1) is 6.04 Å². The maximum atomic E-state index is 12.2. The molecule has 1 aromatic rings. The third-order valence-electron chi connectivity index (χ3n) is 4.47. The van der Waals surface area contributed by atoms with E-state index in [-0.39, 0.29) is 18.7 Å². The van der Waals surface area contributed by atoms with Crippen LogP contribution in [0.2, 0.25) is 0 Å². The lowest BCUT2D eigenvalue weighted by atomic mass is 9.87. The molecular weight excluding hydrogens is 266 g/mol. The van der Waals surface area contributed by atoms with Gasteiger partial charge in [0.25, 0.3) is 0 Å². The Bertz CT molecular complexity index is 509. The van der Waals surface area contributed by atoms with E-state index in [9.17, 15) is 4.79 Å². The van der Waals surface area contributed by atoms with E-state index < -0.39 is 0 Å². The van der Waals surface area contributed by atoms with Crippen molar-refractivity contribution in [1.29, 1.82) is 0 Å². The molecule has 4 heteroatoms. The van der Waals surface area contributed by atoms with Crippen LogP contribution in [0.3, 0.4) is 0 Å². The summed E-state index contributed by atoms with van der Waals surface area (Å²) >= 11 is 0. The predicted molar refractivity (Wildman–Crippen MR) is 80.3 cm³/mol. The lowest BCUT2D eigenvalue weighted by Crippen LogP contribution is -2.28. The van der Waals surface area contributed by atoms with Crippen molar-refractivity contribution in [2.24, 2.45) is 5.92 Å². The Labute approximate surface area is 125 Å². The first-order valence-corrected chi connectivity index (χ1v) is 7.91. The van der Waals surface area contributed by atoms with Gasteiger partial charge < -0.3 is 14.8 Å². The summed E-state index contributed by atoms with van der Waals surface area (Å²) in [5.74, 6) is 2.27. The van der Waals surface area contributed by atoms with Gasteiger partial charge in [0.2, 0.25) is 12.7 Å². The van der Waals surface area contributed by atoms with Crippen molar-refractivity contribution in [2.75, 3.05) is 6.79 Å². The van der Waals surface area contributed by atoms with Crippen LogP contribution in [0.25, 0.3) is 0 Å². The number of ether oxygens (including phenoxy) is 2. The van der Waals surface area contributed by atoms with Gasteiger partial charge in [-0.3, -0.25) is 4.79 Å². The van der Waals surface area contributed by atoms with E-state index in [1.807, 2.05) is 25.1 Å². The van der Waals surface area contributed by atoms with Gasteiger partial charge in [-0.1, -0.05) is 25.3 Å². The molecule has 1 saturated carbocycles. The quantitative estimate of drug-likeness (QED) is 0.922. The second-order valence-corrected chi connectivity index (χ2v) is 6.11. The van der Waals surface area contributed by atoms with Crippen LogP contribution in [-0.4, -0.2) is 12.7 Å². The minimum Gasteiger partial charge on any atom is -0.454 e. The highest BCUT2D eigenvalue weighted by Crippen LogP contribution is 2.34. The summed E-state index contributed by atoms with van der Waals surface area (Å²) in [5, 5.41) is 3.10. The molecule has 4 nitrogen and oxygen atoms in total. The van der Waals surface area contributed by atoms with Crippen molar-refractivity contribution < 1.29 is 14.3 Å². The molecule has 1 aliphatic heterocycles. The zero-order chi connectivity index (χ0) is 14.7. The first-order chi connectivity index (χ1) is 10.2. The van der Waals surface area contributed by atoms with Gasteiger partial charge in [0.1, 0.15) is 0 Å². The average Bonchev–Trinajstić information content (AvgIpc) is 2.95. The lowest BCUT2D eigenvalue weighted by Gasteiger charge is -2.22. The van der Waals surface area contributed by atoms with Crippen LogP contribution in [0.4, 0.5) is 0 Å². The third-order valence-corrected chi connectivity index (χ3v) is 4.47. The summed E-state index contributed by atoms with van der Waals surface area (Å²) in [4.78, 5) is 12.2. The smallest absolute Gasteiger partial charge is 0.231 e. The van der Waals surface area contributed by atoms with E-state index in [2.05, 4.69) is 5.32 Å². The summed E-state index contributed by atoms with van der Waals surface area (Å²) < 4.78 is 10.7. The molecule has 1 atom stereocenters. The minimum atomic E-state index is -0.00408. The van der Waals surface area contributed by atoms with E-state index in [1.54, 1.807) is 0 Å². The Morgan fingerprint density at radius 2 is 2.00 bits per heavy atom. The maximum absolute atomic E-state index is 12.2. The standard InChI is InChI=1S/C17H23NO3/c1-12(14-7-8-15-16(10-14)21-11-20-15)18-17(19)9-13-5-3-2-4-6-13/h7-8,10,12-13H,2-6,9,11H2,1H3,(H,18,19). The van der Waals surface area contributed by atoms with Crippen molar-refractivity contribution in [1.82, 2.24) is 5.32 Å². The number of carbonyl (C=O) groups excluding carboxylic acids is 1. The average molecular weight is 289 g/mol. The van der Waals surface area contributed by atoms with Crippen LogP contribution in [0, 0.1) is 5.92 Å². The molecule has 1 aromatic carbocycles.